The van der Waals surface area contributed by atoms with E-state index in [1.165, 1.54) is 6.07 Å². The second-order valence-electron chi connectivity index (χ2n) is 6.51. The summed E-state index contributed by atoms with van der Waals surface area (Å²) in [6.07, 6.45) is 0. The van der Waals surface area contributed by atoms with Crippen LogP contribution < -0.4 is 10.9 Å². The number of nitrogens with zero attached hydrogens (tertiary/aromatic N) is 4. The van der Waals surface area contributed by atoms with E-state index in [0.29, 0.717) is 18.1 Å². The SMILES string of the molecule is Cc1nc(CNc2cc(-c3ccccc3)nc3c(C)c(C)nn23)cc(=O)[nH]1. The van der Waals surface area contributed by atoms with Gasteiger partial charge >= 0.3 is 0 Å². The number of rotatable bonds is 4. The van der Waals surface area contributed by atoms with Gasteiger partial charge in [0.2, 0.25) is 0 Å². The van der Waals surface area contributed by atoms with Crippen molar-refractivity contribution in [1.82, 2.24) is 24.6 Å². The van der Waals surface area contributed by atoms with Gasteiger partial charge in [-0.3, -0.25) is 4.79 Å². The first-order chi connectivity index (χ1) is 13.0. The molecule has 0 spiro atoms. The first kappa shape index (κ1) is 17.0. The summed E-state index contributed by atoms with van der Waals surface area (Å²) < 4.78 is 1.80. The lowest BCUT2D eigenvalue weighted by molar-refractivity contribution is 0.887. The Morgan fingerprint density at radius 2 is 1.85 bits per heavy atom. The van der Waals surface area contributed by atoms with Gasteiger partial charge in [0.15, 0.2) is 5.65 Å². The normalized spacial score (nSPS) is 11.1. The Balaban J connectivity index is 1.78. The van der Waals surface area contributed by atoms with Gasteiger partial charge in [0.1, 0.15) is 11.6 Å². The van der Waals surface area contributed by atoms with Gasteiger partial charge in [-0.2, -0.15) is 9.61 Å². The fourth-order valence-electron chi connectivity index (χ4n) is 3.02. The third-order valence-corrected chi connectivity index (χ3v) is 4.49. The Bertz CT molecular complexity index is 1180. The fourth-order valence-corrected chi connectivity index (χ4v) is 3.02. The molecule has 1 aromatic carbocycles. The van der Waals surface area contributed by atoms with Crippen molar-refractivity contribution in [2.75, 3.05) is 5.32 Å². The molecule has 0 aliphatic rings. The van der Waals surface area contributed by atoms with Crippen LogP contribution >= 0.6 is 0 Å². The van der Waals surface area contributed by atoms with Gasteiger partial charge in [0.25, 0.3) is 5.56 Å². The minimum Gasteiger partial charge on any atom is -0.364 e. The standard InChI is InChI=1S/C20H20N6O/c1-12-13(2)25-26-18(21-11-16-9-19(27)23-14(3)22-16)10-17(24-20(12)26)15-7-5-4-6-8-15/h4-10,21H,11H2,1-3H3,(H,22,23,27). The Kier molecular flexibility index (Phi) is 4.19. The van der Waals surface area contributed by atoms with Gasteiger partial charge in [-0.25, -0.2) is 9.97 Å². The Hall–Kier alpha value is -3.48. The van der Waals surface area contributed by atoms with Gasteiger partial charge in [-0.15, -0.1) is 0 Å². The van der Waals surface area contributed by atoms with E-state index in [-0.39, 0.29) is 5.56 Å². The molecule has 136 valence electrons. The zero-order chi connectivity index (χ0) is 19.0. The summed E-state index contributed by atoms with van der Waals surface area (Å²) >= 11 is 0. The van der Waals surface area contributed by atoms with E-state index in [1.54, 1.807) is 11.4 Å². The number of aromatic nitrogens is 5. The smallest absolute Gasteiger partial charge is 0.251 e. The van der Waals surface area contributed by atoms with Crippen LogP contribution in [0.5, 0.6) is 0 Å². The maximum atomic E-state index is 11.7. The highest BCUT2D eigenvalue weighted by molar-refractivity contribution is 5.68. The molecule has 7 heteroatoms. The number of nitrogens with one attached hydrogen (secondary N) is 2. The molecule has 0 saturated heterocycles. The van der Waals surface area contributed by atoms with Crippen LogP contribution in [0.25, 0.3) is 16.9 Å². The van der Waals surface area contributed by atoms with Gasteiger partial charge in [0, 0.05) is 23.3 Å². The number of aryl methyl sites for hydroxylation is 3. The van der Waals surface area contributed by atoms with Crippen LogP contribution in [0.4, 0.5) is 5.82 Å². The van der Waals surface area contributed by atoms with E-state index in [1.807, 2.05) is 50.2 Å². The highest BCUT2D eigenvalue weighted by atomic mass is 16.1. The molecule has 4 aromatic rings. The summed E-state index contributed by atoms with van der Waals surface area (Å²) in [6, 6.07) is 13.5. The third kappa shape index (κ3) is 3.31. The number of hydrogen-bond acceptors (Lipinski definition) is 5. The molecule has 3 heterocycles. The number of hydrogen-bond donors (Lipinski definition) is 2. The number of benzene rings is 1. The summed E-state index contributed by atoms with van der Waals surface area (Å²) in [5.74, 6) is 1.39. The first-order valence-corrected chi connectivity index (χ1v) is 8.74. The summed E-state index contributed by atoms with van der Waals surface area (Å²) in [5, 5.41) is 7.95. The fraction of sp³-hybridized carbons (Fsp3) is 0.200. The lowest BCUT2D eigenvalue weighted by Crippen LogP contribution is -2.14. The van der Waals surface area contributed by atoms with Crippen molar-refractivity contribution in [3.05, 3.63) is 75.6 Å². The van der Waals surface area contributed by atoms with Gasteiger partial charge in [-0.1, -0.05) is 30.3 Å². The molecule has 0 saturated carbocycles. The Morgan fingerprint density at radius 1 is 1.07 bits per heavy atom. The maximum Gasteiger partial charge on any atom is 0.251 e. The zero-order valence-electron chi connectivity index (χ0n) is 15.4. The average Bonchev–Trinajstić information content (AvgIpc) is 2.94. The second kappa shape index (κ2) is 6.68. The molecule has 7 nitrogen and oxygen atoms in total. The summed E-state index contributed by atoms with van der Waals surface area (Å²) in [4.78, 5) is 23.5. The van der Waals surface area contributed by atoms with Crippen molar-refractivity contribution >= 4 is 11.5 Å². The summed E-state index contributed by atoms with van der Waals surface area (Å²) in [5.41, 5.74) is 5.20. The van der Waals surface area contributed by atoms with E-state index < -0.39 is 0 Å². The minimum absolute atomic E-state index is 0.157. The van der Waals surface area contributed by atoms with Crippen molar-refractivity contribution in [2.45, 2.75) is 27.3 Å². The summed E-state index contributed by atoms with van der Waals surface area (Å²) in [6.45, 7) is 6.17. The van der Waals surface area contributed by atoms with Crippen LogP contribution in [-0.4, -0.2) is 24.6 Å². The highest BCUT2D eigenvalue weighted by Crippen LogP contribution is 2.24. The molecule has 0 radical (unpaired) electrons. The molecule has 0 fully saturated rings. The molecule has 3 aromatic heterocycles. The quantitative estimate of drug-likeness (QED) is 0.584. The van der Waals surface area contributed by atoms with E-state index in [4.69, 9.17) is 4.98 Å². The molecular weight excluding hydrogens is 340 g/mol. The van der Waals surface area contributed by atoms with Crippen molar-refractivity contribution < 1.29 is 0 Å². The third-order valence-electron chi connectivity index (χ3n) is 4.49. The second-order valence-corrected chi connectivity index (χ2v) is 6.51. The lowest BCUT2D eigenvalue weighted by atomic mass is 10.1. The van der Waals surface area contributed by atoms with Gasteiger partial charge < -0.3 is 10.3 Å². The molecule has 0 unspecified atom stereocenters. The van der Waals surface area contributed by atoms with Crippen molar-refractivity contribution in [1.29, 1.82) is 0 Å². The van der Waals surface area contributed by atoms with Crippen LogP contribution in [0, 0.1) is 20.8 Å². The van der Waals surface area contributed by atoms with Crippen molar-refractivity contribution in [2.24, 2.45) is 0 Å². The molecule has 4 rings (SSSR count). The van der Waals surface area contributed by atoms with Gasteiger partial charge in [-0.05, 0) is 20.8 Å². The molecule has 27 heavy (non-hydrogen) atoms. The number of fused-ring (bicyclic) bond motifs is 1. The Morgan fingerprint density at radius 3 is 2.59 bits per heavy atom. The molecule has 0 aliphatic heterocycles. The van der Waals surface area contributed by atoms with Crippen LogP contribution in [0.1, 0.15) is 22.8 Å². The van der Waals surface area contributed by atoms with E-state index >= 15 is 0 Å². The number of aromatic amines is 1. The van der Waals surface area contributed by atoms with E-state index in [9.17, 15) is 4.79 Å². The van der Waals surface area contributed by atoms with E-state index in [2.05, 4.69) is 20.4 Å². The maximum absolute atomic E-state index is 11.7. The topological polar surface area (TPSA) is 88.0 Å². The average molecular weight is 360 g/mol. The molecule has 2 N–H and O–H groups in total. The predicted molar refractivity (Wildman–Crippen MR) is 105 cm³/mol. The van der Waals surface area contributed by atoms with E-state index in [0.717, 1.165) is 34.0 Å². The molecule has 0 bridgehead atoms. The van der Waals surface area contributed by atoms with Crippen LogP contribution in [0.15, 0.2) is 47.3 Å². The van der Waals surface area contributed by atoms with Crippen LogP contribution in [0.2, 0.25) is 0 Å². The van der Waals surface area contributed by atoms with Crippen LogP contribution in [0.3, 0.4) is 0 Å². The molecule has 0 atom stereocenters. The van der Waals surface area contributed by atoms with Crippen LogP contribution in [-0.2, 0) is 6.54 Å². The monoisotopic (exact) mass is 360 g/mol. The van der Waals surface area contributed by atoms with Crippen molar-refractivity contribution in [3.63, 3.8) is 0 Å². The Labute approximate surface area is 156 Å². The predicted octanol–water partition coefficient (Wildman–Crippen LogP) is 3.02. The zero-order valence-corrected chi connectivity index (χ0v) is 15.4. The lowest BCUT2D eigenvalue weighted by Gasteiger charge is -2.11. The minimum atomic E-state index is -0.157. The summed E-state index contributed by atoms with van der Waals surface area (Å²) in [7, 11) is 0. The number of anilines is 1. The van der Waals surface area contributed by atoms with Crippen molar-refractivity contribution in [3.8, 4) is 11.3 Å². The molecule has 0 aliphatic carbocycles. The molecule has 0 amide bonds. The van der Waals surface area contributed by atoms with Gasteiger partial charge in [0.05, 0.1) is 23.6 Å². The highest BCUT2D eigenvalue weighted by Gasteiger charge is 2.13. The largest absolute Gasteiger partial charge is 0.364 e. The number of H-pyrrole nitrogens is 1. The molecular formula is C20H20N6O. The first-order valence-electron chi connectivity index (χ1n) is 8.74.